The van der Waals surface area contributed by atoms with Crippen molar-refractivity contribution in [2.75, 3.05) is 11.9 Å². The molecule has 7 nitrogen and oxygen atoms in total. The third kappa shape index (κ3) is 2.94. The van der Waals surface area contributed by atoms with E-state index < -0.39 is 0 Å². The number of rotatable bonds is 3. The van der Waals surface area contributed by atoms with Crippen molar-refractivity contribution in [3.8, 4) is 0 Å². The molecule has 2 aromatic rings. The molecule has 1 aliphatic heterocycles. The molecule has 7 heteroatoms. The normalized spacial score (nSPS) is 20.8. The van der Waals surface area contributed by atoms with E-state index in [1.165, 1.54) is 0 Å². The van der Waals surface area contributed by atoms with Gasteiger partial charge >= 0.3 is 6.03 Å². The molecule has 2 aromatic heterocycles. The zero-order chi connectivity index (χ0) is 15.5. The van der Waals surface area contributed by atoms with Crippen LogP contribution in [0.15, 0.2) is 30.9 Å². The Morgan fingerprint density at radius 1 is 1.45 bits per heavy atom. The molecule has 1 fully saturated rings. The van der Waals surface area contributed by atoms with Crippen LogP contribution in [-0.4, -0.2) is 33.2 Å². The molecule has 22 heavy (non-hydrogen) atoms. The summed E-state index contributed by atoms with van der Waals surface area (Å²) in [5.74, 6) is 0.822. The fourth-order valence-electron chi connectivity index (χ4n) is 2.58. The number of hydrogen-bond donors (Lipinski definition) is 2. The highest BCUT2D eigenvalue weighted by atomic mass is 16.5. The predicted molar refractivity (Wildman–Crippen MR) is 81.4 cm³/mol. The summed E-state index contributed by atoms with van der Waals surface area (Å²) in [5, 5.41) is 5.82. The molecule has 1 saturated heterocycles. The maximum absolute atomic E-state index is 12.2. The lowest BCUT2D eigenvalue weighted by molar-refractivity contribution is 0.0913. The third-order valence-electron chi connectivity index (χ3n) is 3.79. The Bertz CT molecular complexity index is 669. The zero-order valence-electron chi connectivity index (χ0n) is 12.6. The molecular formula is C15H19N5O2. The molecule has 0 bridgehead atoms. The minimum Gasteiger partial charge on any atom is -0.368 e. The number of aromatic nitrogens is 3. The molecule has 2 amide bonds. The Kier molecular flexibility index (Phi) is 4.06. The molecule has 0 spiro atoms. The Morgan fingerprint density at radius 2 is 2.32 bits per heavy atom. The van der Waals surface area contributed by atoms with E-state index in [1.807, 2.05) is 24.7 Å². The maximum atomic E-state index is 12.2. The number of ether oxygens (including phenoxy) is 1. The van der Waals surface area contributed by atoms with Crippen LogP contribution < -0.4 is 10.6 Å². The number of nitrogens with zero attached hydrogens (tertiary/aromatic N) is 3. The van der Waals surface area contributed by atoms with Gasteiger partial charge in [0.15, 0.2) is 0 Å². The number of urea groups is 1. The monoisotopic (exact) mass is 301 g/mol. The summed E-state index contributed by atoms with van der Waals surface area (Å²) >= 11 is 0. The lowest BCUT2D eigenvalue weighted by atomic mass is 10.1. The minimum absolute atomic E-state index is 0.0942. The molecule has 0 aromatic carbocycles. The van der Waals surface area contributed by atoms with E-state index in [9.17, 15) is 4.79 Å². The van der Waals surface area contributed by atoms with Gasteiger partial charge < -0.3 is 19.9 Å². The van der Waals surface area contributed by atoms with Gasteiger partial charge in [-0.15, -0.1) is 0 Å². The smallest absolute Gasteiger partial charge is 0.319 e. The fraction of sp³-hybridized carbons (Fsp3) is 0.400. The summed E-state index contributed by atoms with van der Waals surface area (Å²) in [7, 11) is 1.92. The lowest BCUT2D eigenvalue weighted by Gasteiger charge is -2.20. The molecule has 0 radical (unpaired) electrons. The summed E-state index contributed by atoms with van der Waals surface area (Å²) in [6.07, 6.45) is 7.51. The Morgan fingerprint density at radius 3 is 3.05 bits per heavy atom. The number of carbonyl (C=O) groups excluding carboxylic acids is 1. The largest absolute Gasteiger partial charge is 0.368 e. The van der Waals surface area contributed by atoms with Crippen LogP contribution in [0.4, 0.5) is 10.5 Å². The van der Waals surface area contributed by atoms with E-state index in [0.29, 0.717) is 6.61 Å². The van der Waals surface area contributed by atoms with Crippen LogP contribution in [0.3, 0.4) is 0 Å². The second-order valence-corrected chi connectivity index (χ2v) is 5.37. The molecule has 3 rings (SSSR count). The maximum Gasteiger partial charge on any atom is 0.319 e. The molecule has 3 heterocycles. The van der Waals surface area contributed by atoms with Crippen LogP contribution in [-0.2, 0) is 11.8 Å². The zero-order valence-corrected chi connectivity index (χ0v) is 12.6. The van der Waals surface area contributed by atoms with Gasteiger partial charge in [0.2, 0.25) is 0 Å². The second-order valence-electron chi connectivity index (χ2n) is 5.37. The van der Waals surface area contributed by atoms with Gasteiger partial charge in [-0.3, -0.25) is 4.98 Å². The van der Waals surface area contributed by atoms with Crippen molar-refractivity contribution in [3.63, 3.8) is 0 Å². The third-order valence-corrected chi connectivity index (χ3v) is 3.79. The topological polar surface area (TPSA) is 81.1 Å². The second kappa shape index (κ2) is 6.15. The van der Waals surface area contributed by atoms with Gasteiger partial charge in [0.05, 0.1) is 6.04 Å². The number of imidazole rings is 1. The van der Waals surface area contributed by atoms with E-state index in [0.717, 1.165) is 23.5 Å². The predicted octanol–water partition coefficient (Wildman–Crippen LogP) is 1.78. The van der Waals surface area contributed by atoms with Crippen molar-refractivity contribution < 1.29 is 9.53 Å². The lowest BCUT2D eigenvalue weighted by Crippen LogP contribution is -2.40. The van der Waals surface area contributed by atoms with E-state index in [-0.39, 0.29) is 18.2 Å². The number of hydrogen-bond acceptors (Lipinski definition) is 4. The highest BCUT2D eigenvalue weighted by molar-refractivity contribution is 5.90. The van der Waals surface area contributed by atoms with Gasteiger partial charge in [0.1, 0.15) is 11.9 Å². The van der Waals surface area contributed by atoms with Crippen molar-refractivity contribution in [2.45, 2.75) is 25.5 Å². The molecule has 2 N–H and O–H groups in total. The van der Waals surface area contributed by atoms with Gasteiger partial charge in [-0.1, -0.05) is 0 Å². The van der Waals surface area contributed by atoms with Crippen molar-refractivity contribution in [1.82, 2.24) is 19.9 Å². The average Bonchev–Trinajstić information content (AvgIpc) is 3.10. The van der Waals surface area contributed by atoms with E-state index >= 15 is 0 Å². The van der Waals surface area contributed by atoms with Crippen molar-refractivity contribution in [2.24, 2.45) is 7.05 Å². The summed E-state index contributed by atoms with van der Waals surface area (Å²) in [4.78, 5) is 20.5. The number of nitrogens with one attached hydrogen (secondary N) is 2. The van der Waals surface area contributed by atoms with Crippen LogP contribution >= 0.6 is 0 Å². The number of anilines is 1. The number of aryl methyl sites for hydroxylation is 2. The Hall–Kier alpha value is -2.41. The number of amides is 2. The van der Waals surface area contributed by atoms with Crippen LogP contribution in [0.25, 0.3) is 0 Å². The Labute approximate surface area is 128 Å². The molecular weight excluding hydrogens is 282 g/mol. The van der Waals surface area contributed by atoms with Crippen LogP contribution in [0, 0.1) is 6.92 Å². The first-order chi connectivity index (χ1) is 10.6. The number of carbonyl (C=O) groups is 1. The molecule has 0 saturated carbocycles. The van der Waals surface area contributed by atoms with Gasteiger partial charge in [-0.05, 0) is 25.0 Å². The standard InChI is InChI=1S/C15H19N5O2/c1-10-9-16-5-3-11(10)18-15(21)19-12-4-8-22-13(12)14-17-6-7-20(14)2/h3,5-7,9,12-13H,4,8H2,1-2H3,(H2,16,18,19,21)/t12-,13-/m0/s1. The Balaban J connectivity index is 1.66. The molecule has 116 valence electrons. The van der Waals surface area contributed by atoms with Crippen molar-refractivity contribution >= 4 is 11.7 Å². The summed E-state index contributed by atoms with van der Waals surface area (Å²) < 4.78 is 7.64. The van der Waals surface area contributed by atoms with Crippen LogP contribution in [0.5, 0.6) is 0 Å². The summed E-state index contributed by atoms with van der Waals surface area (Å²) in [6, 6.07) is 1.43. The van der Waals surface area contributed by atoms with Crippen molar-refractivity contribution in [1.29, 1.82) is 0 Å². The van der Waals surface area contributed by atoms with E-state index in [1.54, 1.807) is 24.7 Å². The first-order valence-electron chi connectivity index (χ1n) is 7.22. The van der Waals surface area contributed by atoms with Crippen molar-refractivity contribution in [3.05, 3.63) is 42.2 Å². The van der Waals surface area contributed by atoms with E-state index in [2.05, 4.69) is 20.6 Å². The summed E-state index contributed by atoms with van der Waals surface area (Å²) in [6.45, 7) is 2.51. The van der Waals surface area contributed by atoms with Gasteiger partial charge in [0.25, 0.3) is 0 Å². The van der Waals surface area contributed by atoms with Crippen LogP contribution in [0.1, 0.15) is 23.9 Å². The SMILES string of the molecule is Cc1cnccc1NC(=O)N[C@H]1CCO[C@@H]1c1nccn1C. The first kappa shape index (κ1) is 14.5. The van der Waals surface area contributed by atoms with Crippen LogP contribution in [0.2, 0.25) is 0 Å². The molecule has 0 unspecified atom stereocenters. The van der Waals surface area contributed by atoms with Gasteiger partial charge in [-0.2, -0.15) is 0 Å². The molecule has 2 atom stereocenters. The fourth-order valence-corrected chi connectivity index (χ4v) is 2.58. The van der Waals surface area contributed by atoms with Gasteiger partial charge in [0, 0.05) is 44.1 Å². The van der Waals surface area contributed by atoms with Gasteiger partial charge in [-0.25, -0.2) is 9.78 Å². The highest BCUT2D eigenvalue weighted by Crippen LogP contribution is 2.27. The minimum atomic E-state index is -0.246. The summed E-state index contributed by atoms with van der Waals surface area (Å²) in [5.41, 5.74) is 1.67. The quantitative estimate of drug-likeness (QED) is 0.905. The average molecular weight is 301 g/mol. The first-order valence-corrected chi connectivity index (χ1v) is 7.22. The van der Waals surface area contributed by atoms with E-state index in [4.69, 9.17) is 4.74 Å². The number of pyridine rings is 1. The molecule has 1 aliphatic rings. The highest BCUT2D eigenvalue weighted by Gasteiger charge is 2.33. The molecule has 0 aliphatic carbocycles.